The van der Waals surface area contributed by atoms with Crippen molar-refractivity contribution in [3.05, 3.63) is 59.7 Å². The van der Waals surface area contributed by atoms with Crippen molar-refractivity contribution < 1.29 is 23.1 Å². The van der Waals surface area contributed by atoms with Crippen LogP contribution in [0.2, 0.25) is 0 Å². The highest BCUT2D eigenvalue weighted by Gasteiger charge is 2.30. The van der Waals surface area contributed by atoms with E-state index in [-0.39, 0.29) is 17.2 Å². The Labute approximate surface area is 143 Å². The normalized spacial score (nSPS) is 15.3. The second-order valence-electron chi connectivity index (χ2n) is 5.84. The van der Waals surface area contributed by atoms with Crippen molar-refractivity contribution in [3.8, 4) is 5.75 Å². The van der Waals surface area contributed by atoms with Crippen LogP contribution in [0.25, 0.3) is 0 Å². The van der Waals surface area contributed by atoms with Gasteiger partial charge in [-0.2, -0.15) is 13.2 Å². The summed E-state index contributed by atoms with van der Waals surface area (Å²) >= 11 is 0. The van der Waals surface area contributed by atoms with E-state index >= 15 is 0 Å². The number of piperazine rings is 1. The van der Waals surface area contributed by atoms with Crippen LogP contribution in [0.4, 0.5) is 18.9 Å². The minimum absolute atomic E-state index is 0.185. The van der Waals surface area contributed by atoms with E-state index in [1.54, 1.807) is 17.0 Å². The molecule has 132 valence electrons. The second-order valence-corrected chi connectivity index (χ2v) is 5.84. The average Bonchev–Trinajstić information content (AvgIpc) is 2.61. The summed E-state index contributed by atoms with van der Waals surface area (Å²) in [7, 11) is 0. The van der Waals surface area contributed by atoms with Crippen LogP contribution < -0.4 is 4.90 Å². The monoisotopic (exact) mass is 350 g/mol. The number of anilines is 1. The maximum atomic E-state index is 12.6. The van der Waals surface area contributed by atoms with Gasteiger partial charge in [0.05, 0.1) is 11.3 Å². The molecule has 0 unspecified atom stereocenters. The first-order valence-corrected chi connectivity index (χ1v) is 7.86. The molecule has 2 aromatic carbocycles. The highest BCUT2D eigenvalue weighted by atomic mass is 19.4. The number of hydrogen-bond acceptors (Lipinski definition) is 3. The fraction of sp³-hybridized carbons (Fsp3) is 0.278. The summed E-state index contributed by atoms with van der Waals surface area (Å²) in [6, 6.07) is 11.2. The summed E-state index contributed by atoms with van der Waals surface area (Å²) in [5, 5.41) is 9.89. The van der Waals surface area contributed by atoms with Gasteiger partial charge in [-0.25, -0.2) is 0 Å². The van der Waals surface area contributed by atoms with E-state index in [1.807, 2.05) is 17.0 Å². The van der Waals surface area contributed by atoms with Crippen LogP contribution in [-0.2, 0) is 6.18 Å². The second kappa shape index (κ2) is 6.66. The predicted molar refractivity (Wildman–Crippen MR) is 87.7 cm³/mol. The zero-order valence-electron chi connectivity index (χ0n) is 13.3. The van der Waals surface area contributed by atoms with Crippen molar-refractivity contribution in [1.82, 2.24) is 4.90 Å². The summed E-state index contributed by atoms with van der Waals surface area (Å²) in [4.78, 5) is 16.0. The van der Waals surface area contributed by atoms with Crippen molar-refractivity contribution in [2.75, 3.05) is 31.1 Å². The molecule has 0 aromatic heterocycles. The molecule has 1 aliphatic heterocycles. The van der Waals surface area contributed by atoms with Crippen molar-refractivity contribution in [3.63, 3.8) is 0 Å². The molecule has 1 aliphatic rings. The quantitative estimate of drug-likeness (QED) is 0.903. The van der Waals surface area contributed by atoms with Gasteiger partial charge >= 0.3 is 6.18 Å². The third-order valence-corrected chi connectivity index (χ3v) is 4.25. The lowest BCUT2D eigenvalue weighted by molar-refractivity contribution is -0.137. The number of halogens is 3. The lowest BCUT2D eigenvalue weighted by atomic mass is 10.1. The SMILES string of the molecule is O=C(c1ccc(C(F)(F)F)cc1)N1CCN(c2ccccc2O)CC1. The highest BCUT2D eigenvalue weighted by molar-refractivity contribution is 5.94. The van der Waals surface area contributed by atoms with Crippen LogP contribution in [0.3, 0.4) is 0 Å². The van der Waals surface area contributed by atoms with Gasteiger partial charge < -0.3 is 14.9 Å². The molecule has 0 bridgehead atoms. The maximum Gasteiger partial charge on any atom is 0.416 e. The first-order chi connectivity index (χ1) is 11.9. The number of carbonyl (C=O) groups excluding carboxylic acids is 1. The lowest BCUT2D eigenvalue weighted by Crippen LogP contribution is -2.48. The Morgan fingerprint density at radius 2 is 1.52 bits per heavy atom. The molecular weight excluding hydrogens is 333 g/mol. The number of hydrogen-bond donors (Lipinski definition) is 1. The van der Waals surface area contributed by atoms with E-state index < -0.39 is 11.7 Å². The number of phenols is 1. The molecule has 4 nitrogen and oxygen atoms in total. The van der Waals surface area contributed by atoms with Gasteiger partial charge in [-0.3, -0.25) is 4.79 Å². The zero-order chi connectivity index (χ0) is 18.0. The summed E-state index contributed by atoms with van der Waals surface area (Å²) in [6.45, 7) is 1.97. The molecule has 25 heavy (non-hydrogen) atoms. The Morgan fingerprint density at radius 1 is 0.920 bits per heavy atom. The molecule has 1 fully saturated rings. The Bertz CT molecular complexity index is 752. The van der Waals surface area contributed by atoms with Gasteiger partial charge in [-0.05, 0) is 36.4 Å². The Morgan fingerprint density at radius 3 is 2.08 bits per heavy atom. The summed E-state index contributed by atoms with van der Waals surface area (Å²) in [5.74, 6) is -0.101. The van der Waals surface area contributed by atoms with Crippen molar-refractivity contribution in [1.29, 1.82) is 0 Å². The molecule has 0 radical (unpaired) electrons. The van der Waals surface area contributed by atoms with Gasteiger partial charge in [-0.1, -0.05) is 12.1 Å². The van der Waals surface area contributed by atoms with Gasteiger partial charge in [0.15, 0.2) is 0 Å². The van der Waals surface area contributed by atoms with Crippen LogP contribution in [0.15, 0.2) is 48.5 Å². The summed E-state index contributed by atoms with van der Waals surface area (Å²) in [5.41, 5.74) is 0.182. The number of benzene rings is 2. The van der Waals surface area contributed by atoms with E-state index in [0.29, 0.717) is 31.9 Å². The topological polar surface area (TPSA) is 43.8 Å². The largest absolute Gasteiger partial charge is 0.506 e. The molecular formula is C18H17F3N2O2. The average molecular weight is 350 g/mol. The lowest BCUT2D eigenvalue weighted by Gasteiger charge is -2.36. The van der Waals surface area contributed by atoms with Crippen LogP contribution in [0, 0.1) is 0 Å². The molecule has 0 saturated carbocycles. The standard InChI is InChI=1S/C18H17F3N2O2/c19-18(20,21)14-7-5-13(6-8-14)17(25)23-11-9-22(10-12-23)15-3-1-2-4-16(15)24/h1-8,24H,9-12H2. The molecule has 2 aromatic rings. The van der Waals surface area contributed by atoms with E-state index in [4.69, 9.17) is 0 Å². The summed E-state index contributed by atoms with van der Waals surface area (Å²) in [6.07, 6.45) is -4.41. The third-order valence-electron chi connectivity index (χ3n) is 4.25. The van der Waals surface area contributed by atoms with Crippen molar-refractivity contribution >= 4 is 11.6 Å². The van der Waals surface area contributed by atoms with Gasteiger partial charge in [0.2, 0.25) is 0 Å². The van der Waals surface area contributed by atoms with Crippen molar-refractivity contribution in [2.45, 2.75) is 6.18 Å². The smallest absolute Gasteiger partial charge is 0.416 e. The first kappa shape index (κ1) is 17.1. The fourth-order valence-electron chi connectivity index (χ4n) is 2.87. The van der Waals surface area contributed by atoms with Crippen LogP contribution in [-0.4, -0.2) is 42.1 Å². The maximum absolute atomic E-state index is 12.6. The summed E-state index contributed by atoms with van der Waals surface area (Å²) < 4.78 is 37.8. The molecule has 1 saturated heterocycles. The molecule has 1 N–H and O–H groups in total. The fourth-order valence-corrected chi connectivity index (χ4v) is 2.87. The van der Waals surface area contributed by atoms with Gasteiger partial charge in [0.1, 0.15) is 5.75 Å². The van der Waals surface area contributed by atoms with E-state index in [0.717, 1.165) is 12.1 Å². The van der Waals surface area contributed by atoms with Gasteiger partial charge in [0.25, 0.3) is 5.91 Å². The number of nitrogens with zero attached hydrogens (tertiary/aromatic N) is 2. The van der Waals surface area contributed by atoms with Gasteiger partial charge in [0, 0.05) is 31.7 Å². The number of alkyl halides is 3. The minimum atomic E-state index is -4.41. The Balaban J connectivity index is 1.65. The van der Waals surface area contributed by atoms with Crippen LogP contribution >= 0.6 is 0 Å². The molecule has 1 amide bonds. The number of carbonyl (C=O) groups is 1. The van der Waals surface area contributed by atoms with Gasteiger partial charge in [-0.15, -0.1) is 0 Å². The molecule has 3 rings (SSSR count). The Hall–Kier alpha value is -2.70. The molecule has 0 aliphatic carbocycles. The molecule has 7 heteroatoms. The Kier molecular flexibility index (Phi) is 4.57. The van der Waals surface area contributed by atoms with Crippen LogP contribution in [0.5, 0.6) is 5.75 Å². The van der Waals surface area contributed by atoms with Crippen LogP contribution in [0.1, 0.15) is 15.9 Å². The molecule has 1 heterocycles. The predicted octanol–water partition coefficient (Wildman–Crippen LogP) is 3.37. The zero-order valence-corrected chi connectivity index (χ0v) is 13.3. The number of aromatic hydroxyl groups is 1. The molecule has 0 atom stereocenters. The third kappa shape index (κ3) is 3.70. The number of amides is 1. The first-order valence-electron chi connectivity index (χ1n) is 7.86. The highest BCUT2D eigenvalue weighted by Crippen LogP contribution is 2.30. The van der Waals surface area contributed by atoms with E-state index in [9.17, 15) is 23.1 Å². The van der Waals surface area contributed by atoms with Crippen molar-refractivity contribution in [2.24, 2.45) is 0 Å². The minimum Gasteiger partial charge on any atom is -0.506 e. The number of phenolic OH excluding ortho intramolecular Hbond substituents is 1. The number of para-hydroxylation sites is 2. The molecule has 0 spiro atoms. The number of rotatable bonds is 2. The van der Waals surface area contributed by atoms with E-state index in [1.165, 1.54) is 12.1 Å². The van der Waals surface area contributed by atoms with E-state index in [2.05, 4.69) is 0 Å².